The number of aliphatic imine (C=N–C) groups is 4. The maximum absolute atomic E-state index is 4.94. The molecule has 0 spiro atoms. The van der Waals surface area contributed by atoms with Crippen molar-refractivity contribution in [2.45, 2.75) is 41.5 Å². The summed E-state index contributed by atoms with van der Waals surface area (Å²) in [6, 6.07) is 32.9. The van der Waals surface area contributed by atoms with Gasteiger partial charge in [-0.3, -0.25) is 0 Å². The molecule has 0 aliphatic carbocycles. The largest absolute Gasteiger partial charge is 0.337 e. The molecule has 230 valence electrons. The Bertz CT molecular complexity index is 1660. The molecule has 46 heavy (non-hydrogen) atoms. The standard InChI is InChI=1S/C38H38N8/c1-23-7-15-29(16-8-23)39-35-36(40-30-17-9-24(2)10-18-30)44-33(43-35)27(5)28(6)34-45-37(41-31-19-11-25(3)12-20-31)38(46-34)42-32-21-13-26(4)14-22-32/h7-22H,1-6H3,(H,39,43)(H,40,44)(H,41,45)(H,42,46). The number of nitrogens with one attached hydrogen (secondary N) is 4. The summed E-state index contributed by atoms with van der Waals surface area (Å²) >= 11 is 0. The molecule has 2 heterocycles. The fraction of sp³-hybridized carbons (Fsp3) is 0.158. The van der Waals surface area contributed by atoms with Crippen LogP contribution in [0.15, 0.2) is 140 Å². The number of allylic oxidation sites excluding steroid dienone is 2. The minimum atomic E-state index is 0.590. The van der Waals surface area contributed by atoms with E-state index in [4.69, 9.17) is 20.0 Å². The molecular weight excluding hydrogens is 568 g/mol. The Balaban J connectivity index is 1.36. The van der Waals surface area contributed by atoms with Crippen molar-refractivity contribution in [3.63, 3.8) is 0 Å². The average Bonchev–Trinajstić information content (AvgIpc) is 3.64. The summed E-state index contributed by atoms with van der Waals surface area (Å²) in [7, 11) is 0. The fourth-order valence-electron chi connectivity index (χ4n) is 4.80. The fourth-order valence-corrected chi connectivity index (χ4v) is 4.80. The van der Waals surface area contributed by atoms with Crippen molar-refractivity contribution in [1.82, 2.24) is 0 Å². The summed E-state index contributed by atoms with van der Waals surface area (Å²) in [6.07, 6.45) is 0. The van der Waals surface area contributed by atoms with E-state index in [0.717, 1.165) is 33.9 Å². The van der Waals surface area contributed by atoms with Gasteiger partial charge >= 0.3 is 0 Å². The van der Waals surface area contributed by atoms with Crippen LogP contribution in [-0.2, 0) is 0 Å². The Morgan fingerprint density at radius 1 is 0.348 bits per heavy atom. The summed E-state index contributed by atoms with van der Waals surface area (Å²) in [5.74, 6) is 3.73. The smallest absolute Gasteiger partial charge is 0.176 e. The molecule has 0 amide bonds. The average molecular weight is 607 g/mol. The van der Waals surface area contributed by atoms with E-state index in [1.54, 1.807) is 0 Å². The second kappa shape index (κ2) is 13.1. The van der Waals surface area contributed by atoms with Crippen molar-refractivity contribution in [1.29, 1.82) is 0 Å². The van der Waals surface area contributed by atoms with Crippen molar-refractivity contribution >= 4 is 46.1 Å². The second-order valence-electron chi connectivity index (χ2n) is 11.7. The highest BCUT2D eigenvalue weighted by Crippen LogP contribution is 2.28. The molecule has 0 fully saturated rings. The summed E-state index contributed by atoms with van der Waals surface area (Å²) in [4.78, 5) is 19.8. The summed E-state index contributed by atoms with van der Waals surface area (Å²) in [6.45, 7) is 12.3. The summed E-state index contributed by atoms with van der Waals surface area (Å²) < 4.78 is 0. The van der Waals surface area contributed by atoms with Gasteiger partial charge in [0.25, 0.3) is 0 Å². The number of benzene rings is 4. The number of nitrogens with zero attached hydrogens (tertiary/aromatic N) is 4. The Morgan fingerprint density at radius 2 is 0.543 bits per heavy atom. The molecule has 4 N–H and O–H groups in total. The third-order valence-electron chi connectivity index (χ3n) is 7.81. The van der Waals surface area contributed by atoms with E-state index in [9.17, 15) is 0 Å². The van der Waals surface area contributed by atoms with Crippen LogP contribution in [0.4, 0.5) is 22.7 Å². The third kappa shape index (κ3) is 7.13. The van der Waals surface area contributed by atoms with E-state index >= 15 is 0 Å². The van der Waals surface area contributed by atoms with E-state index in [2.05, 4.69) is 97.5 Å². The van der Waals surface area contributed by atoms with Crippen molar-refractivity contribution in [2.24, 2.45) is 20.0 Å². The number of rotatable bonds is 5. The maximum Gasteiger partial charge on any atom is 0.176 e. The normalized spacial score (nSPS) is 13.9. The van der Waals surface area contributed by atoms with Crippen LogP contribution in [0.2, 0.25) is 0 Å². The number of aryl methyl sites for hydroxylation is 4. The van der Waals surface area contributed by atoms with Gasteiger partial charge in [0.05, 0.1) is 0 Å². The van der Waals surface area contributed by atoms with Gasteiger partial charge in [-0.1, -0.05) is 70.8 Å². The lowest BCUT2D eigenvalue weighted by atomic mass is 10.1. The first kappa shape index (κ1) is 30.3. The van der Waals surface area contributed by atoms with Gasteiger partial charge < -0.3 is 21.3 Å². The van der Waals surface area contributed by atoms with Gasteiger partial charge in [0.1, 0.15) is 0 Å². The van der Waals surface area contributed by atoms with E-state index in [-0.39, 0.29) is 0 Å². The van der Waals surface area contributed by atoms with E-state index < -0.39 is 0 Å². The van der Waals surface area contributed by atoms with Crippen LogP contribution in [0.5, 0.6) is 0 Å². The minimum Gasteiger partial charge on any atom is -0.337 e. The van der Waals surface area contributed by atoms with Crippen molar-refractivity contribution in [3.8, 4) is 0 Å². The van der Waals surface area contributed by atoms with Crippen molar-refractivity contribution in [3.05, 3.63) is 142 Å². The van der Waals surface area contributed by atoms with Crippen LogP contribution in [0.3, 0.4) is 0 Å². The van der Waals surface area contributed by atoms with Crippen LogP contribution in [-0.4, -0.2) is 23.3 Å². The zero-order valence-corrected chi connectivity index (χ0v) is 27.0. The van der Waals surface area contributed by atoms with Crippen molar-refractivity contribution in [2.75, 3.05) is 21.3 Å². The molecule has 4 aromatic carbocycles. The zero-order chi connectivity index (χ0) is 32.2. The minimum absolute atomic E-state index is 0.590. The number of hydrogen-bond donors (Lipinski definition) is 4. The van der Waals surface area contributed by atoms with E-state index in [1.165, 1.54) is 22.3 Å². The van der Waals surface area contributed by atoms with Crippen LogP contribution in [0, 0.1) is 27.7 Å². The Labute approximate surface area is 270 Å². The lowest BCUT2D eigenvalue weighted by Gasteiger charge is -2.11. The quantitative estimate of drug-likeness (QED) is 0.183. The van der Waals surface area contributed by atoms with Crippen LogP contribution >= 0.6 is 0 Å². The Morgan fingerprint density at radius 3 is 0.739 bits per heavy atom. The van der Waals surface area contributed by atoms with Crippen LogP contribution < -0.4 is 21.3 Å². The first-order chi connectivity index (χ1) is 22.2. The molecule has 0 atom stereocenters. The molecular formula is C38H38N8. The van der Waals surface area contributed by atoms with Gasteiger partial charge in [0.2, 0.25) is 0 Å². The van der Waals surface area contributed by atoms with Gasteiger partial charge in [-0.05, 0) is 90.1 Å². The lowest BCUT2D eigenvalue weighted by molar-refractivity contribution is 1.11. The van der Waals surface area contributed by atoms with Gasteiger partial charge in [-0.25, -0.2) is 20.0 Å². The molecule has 0 saturated heterocycles. The molecule has 6 rings (SSSR count). The maximum atomic E-state index is 4.94. The molecule has 8 heteroatoms. The lowest BCUT2D eigenvalue weighted by Crippen LogP contribution is -2.27. The first-order valence-corrected chi connectivity index (χ1v) is 15.3. The molecule has 0 radical (unpaired) electrons. The Hall–Kier alpha value is -5.76. The van der Waals surface area contributed by atoms with Crippen molar-refractivity contribution < 1.29 is 0 Å². The van der Waals surface area contributed by atoms with Gasteiger partial charge in [-0.15, -0.1) is 0 Å². The van der Waals surface area contributed by atoms with Gasteiger partial charge in [0.15, 0.2) is 35.0 Å². The molecule has 0 bridgehead atoms. The highest BCUT2D eigenvalue weighted by molar-refractivity contribution is 6.50. The third-order valence-corrected chi connectivity index (χ3v) is 7.81. The molecule has 0 saturated carbocycles. The molecule has 0 aromatic heterocycles. The molecule has 4 aromatic rings. The summed E-state index contributed by atoms with van der Waals surface area (Å²) in [5, 5.41) is 13.8. The van der Waals surface area contributed by atoms with Crippen LogP contribution in [0.1, 0.15) is 36.1 Å². The first-order valence-electron chi connectivity index (χ1n) is 15.3. The molecule has 8 nitrogen and oxygen atoms in total. The van der Waals surface area contributed by atoms with Crippen LogP contribution in [0.25, 0.3) is 0 Å². The number of hydrogen-bond acceptors (Lipinski definition) is 8. The predicted molar refractivity (Wildman–Crippen MR) is 194 cm³/mol. The highest BCUT2D eigenvalue weighted by Gasteiger charge is 2.24. The highest BCUT2D eigenvalue weighted by atomic mass is 15.2. The van der Waals surface area contributed by atoms with E-state index in [1.807, 2.05) is 62.4 Å². The molecule has 0 unspecified atom stereocenters. The predicted octanol–water partition coefficient (Wildman–Crippen LogP) is 8.75. The SMILES string of the molecule is CC(=C1N=C(Nc2ccc(C)cc2)C(Nc2ccc(C)cc2)=N1)C(C)=C1N=C(Nc2ccc(C)cc2)C(Nc2ccc(C)cc2)=N1. The Kier molecular flexibility index (Phi) is 8.61. The van der Waals surface area contributed by atoms with Gasteiger partial charge in [-0.2, -0.15) is 0 Å². The summed E-state index contributed by atoms with van der Waals surface area (Å²) in [5.41, 5.74) is 10.2. The molecule has 2 aliphatic heterocycles. The van der Waals surface area contributed by atoms with E-state index in [0.29, 0.717) is 35.0 Å². The topological polar surface area (TPSA) is 97.6 Å². The molecule has 2 aliphatic rings. The van der Waals surface area contributed by atoms with Gasteiger partial charge in [0, 0.05) is 33.9 Å². The zero-order valence-electron chi connectivity index (χ0n) is 27.0. The monoisotopic (exact) mass is 606 g/mol. The number of amidine groups is 4. The second-order valence-corrected chi connectivity index (χ2v) is 11.7. The number of anilines is 4.